The molecule has 29 heavy (non-hydrogen) atoms. The van der Waals surface area contributed by atoms with Crippen molar-refractivity contribution in [1.82, 2.24) is 0 Å². The summed E-state index contributed by atoms with van der Waals surface area (Å²) in [5.41, 5.74) is 4.25. The SMILES string of the molecule is Cc1ccc(C(C)C)c(O)c1.Cc1ccc(C(C)C)cc1O.Oc1ccccc1. The molecule has 3 heteroatoms. The second-order valence-corrected chi connectivity index (χ2v) is 7.75. The van der Waals surface area contributed by atoms with Crippen LogP contribution in [0.4, 0.5) is 0 Å². The summed E-state index contributed by atoms with van der Waals surface area (Å²) in [5, 5.41) is 27.4. The van der Waals surface area contributed by atoms with Gasteiger partial charge in [0.25, 0.3) is 0 Å². The van der Waals surface area contributed by atoms with Crippen molar-refractivity contribution in [3.63, 3.8) is 0 Å². The minimum absolute atomic E-state index is 0.322. The fourth-order valence-corrected chi connectivity index (χ4v) is 2.56. The number of rotatable bonds is 2. The van der Waals surface area contributed by atoms with E-state index in [1.807, 2.05) is 44.2 Å². The molecule has 3 nitrogen and oxygen atoms in total. The van der Waals surface area contributed by atoms with E-state index in [1.165, 1.54) is 5.56 Å². The van der Waals surface area contributed by atoms with Gasteiger partial charge in [-0.2, -0.15) is 0 Å². The second-order valence-electron chi connectivity index (χ2n) is 7.75. The summed E-state index contributed by atoms with van der Waals surface area (Å²) in [5.74, 6) is 2.02. The summed E-state index contributed by atoms with van der Waals surface area (Å²) in [4.78, 5) is 0. The predicted octanol–water partition coefficient (Wildman–Crippen LogP) is 7.04. The Hall–Kier alpha value is -2.94. The Morgan fingerprint density at radius 1 is 0.621 bits per heavy atom. The molecule has 0 aliphatic rings. The normalized spacial score (nSPS) is 10.1. The molecule has 0 amide bonds. The first-order chi connectivity index (χ1) is 13.6. The molecule has 0 heterocycles. The molecular weight excluding hydrogens is 360 g/mol. The van der Waals surface area contributed by atoms with Gasteiger partial charge in [-0.25, -0.2) is 0 Å². The smallest absolute Gasteiger partial charge is 0.119 e. The van der Waals surface area contributed by atoms with Crippen molar-refractivity contribution < 1.29 is 15.3 Å². The van der Waals surface area contributed by atoms with Crippen molar-refractivity contribution in [3.05, 3.63) is 89.0 Å². The minimum Gasteiger partial charge on any atom is -0.508 e. The number of aromatic hydroxyl groups is 3. The van der Waals surface area contributed by atoms with Crippen LogP contribution in [-0.4, -0.2) is 15.3 Å². The summed E-state index contributed by atoms with van der Waals surface area (Å²) in [6.45, 7) is 12.3. The van der Waals surface area contributed by atoms with Crippen LogP contribution >= 0.6 is 0 Å². The van der Waals surface area contributed by atoms with Gasteiger partial charge in [-0.05, 0) is 72.2 Å². The highest BCUT2D eigenvalue weighted by Gasteiger charge is 2.04. The Morgan fingerprint density at radius 2 is 1.24 bits per heavy atom. The first-order valence-corrected chi connectivity index (χ1v) is 9.94. The average molecular weight is 395 g/mol. The van der Waals surface area contributed by atoms with E-state index in [4.69, 9.17) is 5.11 Å². The first kappa shape index (κ1) is 24.1. The van der Waals surface area contributed by atoms with Crippen molar-refractivity contribution in [1.29, 1.82) is 0 Å². The lowest BCUT2D eigenvalue weighted by Gasteiger charge is -2.07. The van der Waals surface area contributed by atoms with Gasteiger partial charge in [0.05, 0.1) is 0 Å². The number of benzene rings is 3. The first-order valence-electron chi connectivity index (χ1n) is 9.94. The maximum atomic E-state index is 9.46. The zero-order chi connectivity index (χ0) is 22.0. The van der Waals surface area contributed by atoms with Gasteiger partial charge < -0.3 is 15.3 Å². The number of phenols is 3. The molecule has 0 aromatic heterocycles. The average Bonchev–Trinajstić information content (AvgIpc) is 2.65. The lowest BCUT2D eigenvalue weighted by Crippen LogP contribution is -1.87. The summed E-state index contributed by atoms with van der Waals surface area (Å²) in [6.07, 6.45) is 0. The molecule has 3 rings (SSSR count). The maximum Gasteiger partial charge on any atom is 0.119 e. The van der Waals surface area contributed by atoms with E-state index < -0.39 is 0 Å². The van der Waals surface area contributed by atoms with Gasteiger partial charge in [0.2, 0.25) is 0 Å². The van der Waals surface area contributed by atoms with E-state index in [1.54, 1.807) is 30.3 Å². The van der Waals surface area contributed by atoms with Crippen LogP contribution in [0, 0.1) is 13.8 Å². The Balaban J connectivity index is 0.000000223. The zero-order valence-corrected chi connectivity index (χ0v) is 18.3. The maximum absolute atomic E-state index is 9.46. The van der Waals surface area contributed by atoms with E-state index in [0.29, 0.717) is 29.1 Å². The summed E-state index contributed by atoms with van der Waals surface area (Å²) < 4.78 is 0. The van der Waals surface area contributed by atoms with Crippen molar-refractivity contribution in [2.24, 2.45) is 0 Å². The zero-order valence-electron chi connectivity index (χ0n) is 18.3. The molecule has 156 valence electrons. The third kappa shape index (κ3) is 8.73. The molecule has 3 aromatic carbocycles. The predicted molar refractivity (Wildman–Crippen MR) is 122 cm³/mol. The highest BCUT2D eigenvalue weighted by atomic mass is 16.3. The Kier molecular flexibility index (Phi) is 9.81. The Bertz CT molecular complexity index is 868. The number of hydrogen-bond donors (Lipinski definition) is 3. The number of phenolic OH excluding ortho intramolecular Hbond substituents is 3. The Morgan fingerprint density at radius 3 is 1.66 bits per heavy atom. The second kappa shape index (κ2) is 11.8. The summed E-state index contributed by atoms with van der Waals surface area (Å²) in [6, 6.07) is 20.4. The van der Waals surface area contributed by atoms with Crippen molar-refractivity contribution in [2.75, 3.05) is 0 Å². The molecule has 0 spiro atoms. The molecular formula is C26H34O3. The quantitative estimate of drug-likeness (QED) is 0.437. The third-order valence-corrected chi connectivity index (χ3v) is 4.46. The minimum atomic E-state index is 0.322. The van der Waals surface area contributed by atoms with Crippen LogP contribution in [0.1, 0.15) is 61.8 Å². The topological polar surface area (TPSA) is 60.7 Å². The van der Waals surface area contributed by atoms with Crippen LogP contribution in [-0.2, 0) is 0 Å². The molecule has 0 aliphatic heterocycles. The molecule has 0 unspecified atom stereocenters. The van der Waals surface area contributed by atoms with Gasteiger partial charge >= 0.3 is 0 Å². The van der Waals surface area contributed by atoms with Crippen LogP contribution in [0.25, 0.3) is 0 Å². The van der Waals surface area contributed by atoms with Crippen molar-refractivity contribution in [2.45, 2.75) is 53.4 Å². The lowest BCUT2D eigenvalue weighted by atomic mass is 10.0. The monoisotopic (exact) mass is 394 g/mol. The van der Waals surface area contributed by atoms with Crippen LogP contribution in [0.3, 0.4) is 0 Å². The number of hydrogen-bond acceptors (Lipinski definition) is 3. The largest absolute Gasteiger partial charge is 0.508 e. The molecule has 0 aliphatic carbocycles. The van der Waals surface area contributed by atoms with Crippen molar-refractivity contribution in [3.8, 4) is 17.2 Å². The van der Waals surface area contributed by atoms with Gasteiger partial charge in [0, 0.05) is 0 Å². The molecule has 0 saturated heterocycles. The highest BCUT2D eigenvalue weighted by Crippen LogP contribution is 2.25. The van der Waals surface area contributed by atoms with Crippen molar-refractivity contribution >= 4 is 0 Å². The van der Waals surface area contributed by atoms with E-state index in [-0.39, 0.29) is 0 Å². The Labute approximate surface area is 175 Å². The van der Waals surface area contributed by atoms with E-state index >= 15 is 0 Å². The van der Waals surface area contributed by atoms with Gasteiger partial charge in [-0.15, -0.1) is 0 Å². The van der Waals surface area contributed by atoms with Gasteiger partial charge in [0.15, 0.2) is 0 Å². The highest BCUT2D eigenvalue weighted by molar-refractivity contribution is 5.38. The van der Waals surface area contributed by atoms with Crippen LogP contribution < -0.4 is 0 Å². The van der Waals surface area contributed by atoms with Gasteiger partial charge in [-0.1, -0.05) is 70.2 Å². The third-order valence-electron chi connectivity index (χ3n) is 4.46. The van der Waals surface area contributed by atoms with E-state index in [0.717, 1.165) is 16.7 Å². The molecule has 3 aromatic rings. The molecule has 0 atom stereocenters. The van der Waals surface area contributed by atoms with Gasteiger partial charge in [-0.3, -0.25) is 0 Å². The summed E-state index contributed by atoms with van der Waals surface area (Å²) >= 11 is 0. The molecule has 0 radical (unpaired) electrons. The van der Waals surface area contributed by atoms with Crippen LogP contribution in [0.5, 0.6) is 17.2 Å². The fourth-order valence-electron chi connectivity index (χ4n) is 2.56. The van der Waals surface area contributed by atoms with Gasteiger partial charge in [0.1, 0.15) is 17.2 Å². The molecule has 0 fully saturated rings. The lowest BCUT2D eigenvalue weighted by molar-refractivity contribution is 0.464. The molecule has 0 saturated carbocycles. The van der Waals surface area contributed by atoms with E-state index in [9.17, 15) is 10.2 Å². The van der Waals surface area contributed by atoms with E-state index in [2.05, 4.69) is 33.8 Å². The standard InChI is InChI=1S/2C10H14O.C6H6O/c1-7(2)9-5-4-8(3)10(11)6-9;1-7(2)9-5-4-8(3)6-10(9)11;7-6-4-2-1-3-5-6/h2*4-7,11H,1-3H3;1-5,7H. The van der Waals surface area contributed by atoms with Crippen LogP contribution in [0.2, 0.25) is 0 Å². The number of para-hydroxylation sites is 1. The summed E-state index contributed by atoms with van der Waals surface area (Å²) in [7, 11) is 0. The molecule has 3 N–H and O–H groups in total. The number of aryl methyl sites for hydroxylation is 2. The van der Waals surface area contributed by atoms with Crippen LogP contribution in [0.15, 0.2) is 66.7 Å². The molecule has 0 bridgehead atoms. The fraction of sp³-hybridized carbons (Fsp3) is 0.308.